The highest BCUT2D eigenvalue weighted by molar-refractivity contribution is 5.94. The summed E-state index contributed by atoms with van der Waals surface area (Å²) in [6.45, 7) is 8.67. The first-order chi connectivity index (χ1) is 20.4. The number of methoxy groups -OCH3 is 2. The average molecular weight is 567 g/mol. The molecule has 1 fully saturated rings. The van der Waals surface area contributed by atoms with Gasteiger partial charge in [-0.3, -0.25) is 4.79 Å². The maximum atomic E-state index is 11.8. The maximum absolute atomic E-state index is 11.8. The van der Waals surface area contributed by atoms with E-state index in [9.17, 15) is 4.79 Å². The van der Waals surface area contributed by atoms with E-state index in [-0.39, 0.29) is 12.0 Å². The van der Waals surface area contributed by atoms with Crippen molar-refractivity contribution in [2.45, 2.75) is 26.4 Å². The molecule has 0 aliphatic carbocycles. The van der Waals surface area contributed by atoms with Crippen LogP contribution in [0.25, 0.3) is 22.0 Å². The number of aromatic nitrogens is 3. The van der Waals surface area contributed by atoms with Crippen molar-refractivity contribution >= 4 is 28.3 Å². The summed E-state index contributed by atoms with van der Waals surface area (Å²) in [5.41, 5.74) is 5.39. The molecule has 4 aromatic rings. The number of nitrogens with zero attached hydrogens (tertiary/aromatic N) is 4. The standard InChI is InChI=1S/C32H34N6O4/c1-6-20(3)15-33-30-11-9-22(16-34-30)21-8-10-27(40-4)26(12-21)37-32-24-13-29(28(41-5)14-25(24)35-19-36-32)42-23-17-38(18-23)31(39)7-2/h7-16,19,23H,2,6,17-18H2,1,3-5H3,(H,33,34)(H,35,36,37)/b20-15+. The van der Waals surface area contributed by atoms with Crippen molar-refractivity contribution in [3.05, 3.63) is 84.9 Å². The van der Waals surface area contributed by atoms with Crippen molar-refractivity contribution < 1.29 is 19.0 Å². The molecule has 1 amide bonds. The van der Waals surface area contributed by atoms with Crippen LogP contribution in [0, 0.1) is 0 Å². The Bertz CT molecular complexity index is 1700. The number of carbonyl (C=O) groups is 1. The SMILES string of the molecule is C=CC(=O)N1CC(Oc2cc3c(Nc4cc(-c5cc/c(=N/C=C(\C)CC)[nH]c5)ccc4OC)ncnc3cc2OC)C1. The summed E-state index contributed by atoms with van der Waals surface area (Å²) < 4.78 is 17.4. The number of amides is 1. The van der Waals surface area contributed by atoms with Crippen molar-refractivity contribution in [2.75, 3.05) is 32.6 Å². The lowest BCUT2D eigenvalue weighted by Gasteiger charge is -2.38. The van der Waals surface area contributed by atoms with Gasteiger partial charge in [0.25, 0.3) is 0 Å². The van der Waals surface area contributed by atoms with Gasteiger partial charge in [-0.1, -0.05) is 25.1 Å². The van der Waals surface area contributed by atoms with Gasteiger partial charge in [-0.25, -0.2) is 15.0 Å². The molecule has 0 unspecified atom stereocenters. The largest absolute Gasteiger partial charge is 0.495 e. The molecule has 0 spiro atoms. The Morgan fingerprint density at radius 3 is 2.57 bits per heavy atom. The van der Waals surface area contributed by atoms with Gasteiger partial charge in [-0.05, 0) is 60.9 Å². The zero-order valence-electron chi connectivity index (χ0n) is 24.2. The molecule has 0 atom stereocenters. The number of anilines is 2. The molecule has 0 saturated carbocycles. The minimum atomic E-state index is -0.152. The van der Waals surface area contributed by atoms with E-state index in [1.54, 1.807) is 19.1 Å². The van der Waals surface area contributed by atoms with Gasteiger partial charge in [0, 0.05) is 23.8 Å². The highest BCUT2D eigenvalue weighted by Crippen LogP contribution is 2.38. The van der Waals surface area contributed by atoms with Gasteiger partial charge in [0.2, 0.25) is 5.91 Å². The number of nitrogens with one attached hydrogen (secondary N) is 2. The third-order valence-electron chi connectivity index (χ3n) is 7.11. The summed E-state index contributed by atoms with van der Waals surface area (Å²) in [7, 11) is 3.21. The fourth-order valence-corrected chi connectivity index (χ4v) is 4.48. The molecule has 5 rings (SSSR count). The molecular formula is C32H34N6O4. The summed E-state index contributed by atoms with van der Waals surface area (Å²) >= 11 is 0. The number of ether oxygens (including phenoxy) is 3. The number of allylic oxidation sites excluding steroid dienone is 1. The van der Waals surface area contributed by atoms with E-state index in [2.05, 4.69) is 45.7 Å². The Morgan fingerprint density at radius 1 is 1.10 bits per heavy atom. The van der Waals surface area contributed by atoms with Crippen LogP contribution in [-0.4, -0.2) is 59.2 Å². The first kappa shape index (κ1) is 28.4. The van der Waals surface area contributed by atoms with E-state index in [0.717, 1.165) is 34.1 Å². The summed E-state index contributed by atoms with van der Waals surface area (Å²) in [5.74, 6) is 2.22. The summed E-state index contributed by atoms with van der Waals surface area (Å²) in [6, 6.07) is 13.6. The van der Waals surface area contributed by atoms with Crippen LogP contribution in [0.1, 0.15) is 20.3 Å². The number of H-pyrrole nitrogens is 1. The average Bonchev–Trinajstić information content (AvgIpc) is 3.01. The fourth-order valence-electron chi connectivity index (χ4n) is 4.48. The molecule has 2 aromatic heterocycles. The van der Waals surface area contributed by atoms with Crippen LogP contribution in [0.4, 0.5) is 11.5 Å². The minimum absolute atomic E-state index is 0.112. The Kier molecular flexibility index (Phi) is 8.52. The quantitative estimate of drug-likeness (QED) is 0.248. The maximum Gasteiger partial charge on any atom is 0.246 e. The van der Waals surface area contributed by atoms with Crippen molar-refractivity contribution in [1.29, 1.82) is 0 Å². The molecule has 2 N–H and O–H groups in total. The second-order valence-corrected chi connectivity index (χ2v) is 9.89. The second kappa shape index (κ2) is 12.6. The number of aromatic amines is 1. The summed E-state index contributed by atoms with van der Waals surface area (Å²) in [4.78, 5) is 30.2. The normalized spacial score (nSPS) is 14.0. The summed E-state index contributed by atoms with van der Waals surface area (Å²) in [5, 5.41) is 4.17. The molecule has 3 heterocycles. The number of fused-ring (bicyclic) bond motifs is 1. The van der Waals surface area contributed by atoms with Crippen LogP contribution in [0.3, 0.4) is 0 Å². The van der Waals surface area contributed by atoms with Gasteiger partial charge in [0.15, 0.2) is 11.5 Å². The number of rotatable bonds is 10. The number of pyridine rings is 1. The van der Waals surface area contributed by atoms with Crippen LogP contribution >= 0.6 is 0 Å². The smallest absolute Gasteiger partial charge is 0.246 e. The molecule has 1 aliphatic heterocycles. The van der Waals surface area contributed by atoms with Crippen LogP contribution < -0.4 is 25.0 Å². The predicted octanol–water partition coefficient (Wildman–Crippen LogP) is 5.38. The number of likely N-dealkylation sites (tertiary alicyclic amines) is 1. The lowest BCUT2D eigenvalue weighted by molar-refractivity contribution is -0.134. The van der Waals surface area contributed by atoms with E-state index in [0.29, 0.717) is 41.7 Å². The Hall–Kier alpha value is -5.12. The Morgan fingerprint density at radius 2 is 1.88 bits per heavy atom. The topological polar surface area (TPSA) is 114 Å². The van der Waals surface area contributed by atoms with Crippen molar-refractivity contribution in [2.24, 2.45) is 4.99 Å². The minimum Gasteiger partial charge on any atom is -0.495 e. The molecule has 2 aromatic carbocycles. The molecule has 0 radical (unpaired) electrons. The molecule has 10 nitrogen and oxygen atoms in total. The monoisotopic (exact) mass is 566 g/mol. The van der Waals surface area contributed by atoms with Crippen molar-refractivity contribution in [3.63, 3.8) is 0 Å². The Balaban J connectivity index is 1.44. The zero-order chi connectivity index (χ0) is 29.6. The van der Waals surface area contributed by atoms with Gasteiger partial charge in [0.1, 0.15) is 29.5 Å². The van der Waals surface area contributed by atoms with Gasteiger partial charge in [-0.15, -0.1) is 0 Å². The van der Waals surface area contributed by atoms with E-state index < -0.39 is 0 Å². The third kappa shape index (κ3) is 6.12. The lowest BCUT2D eigenvalue weighted by atomic mass is 10.1. The number of hydrogen-bond donors (Lipinski definition) is 2. The van der Waals surface area contributed by atoms with Crippen molar-refractivity contribution in [1.82, 2.24) is 19.9 Å². The van der Waals surface area contributed by atoms with E-state index >= 15 is 0 Å². The van der Waals surface area contributed by atoms with E-state index in [1.165, 1.54) is 18.0 Å². The molecule has 1 aliphatic rings. The van der Waals surface area contributed by atoms with Crippen molar-refractivity contribution in [3.8, 4) is 28.4 Å². The molecule has 10 heteroatoms. The fraction of sp³-hybridized carbons (Fsp3) is 0.250. The molecular weight excluding hydrogens is 532 g/mol. The van der Waals surface area contributed by atoms with Gasteiger partial charge in [-0.2, -0.15) is 0 Å². The first-order valence-electron chi connectivity index (χ1n) is 13.7. The highest BCUT2D eigenvalue weighted by atomic mass is 16.5. The van der Waals surface area contributed by atoms with E-state index in [4.69, 9.17) is 14.2 Å². The summed E-state index contributed by atoms with van der Waals surface area (Å²) in [6.07, 6.45) is 7.42. The zero-order valence-corrected chi connectivity index (χ0v) is 24.2. The Labute approximate surface area is 244 Å². The number of carbonyl (C=O) groups excluding carboxylic acids is 1. The van der Waals surface area contributed by atoms with Crippen LogP contribution in [-0.2, 0) is 4.79 Å². The highest BCUT2D eigenvalue weighted by Gasteiger charge is 2.31. The van der Waals surface area contributed by atoms with Crippen LogP contribution in [0.2, 0.25) is 0 Å². The predicted molar refractivity (Wildman–Crippen MR) is 163 cm³/mol. The lowest BCUT2D eigenvalue weighted by Crippen LogP contribution is -2.55. The molecule has 1 saturated heterocycles. The van der Waals surface area contributed by atoms with Gasteiger partial charge < -0.3 is 29.4 Å². The molecule has 216 valence electrons. The van der Waals surface area contributed by atoms with Gasteiger partial charge >= 0.3 is 0 Å². The first-order valence-corrected chi connectivity index (χ1v) is 13.7. The van der Waals surface area contributed by atoms with E-state index in [1.807, 2.05) is 54.9 Å². The van der Waals surface area contributed by atoms with Crippen LogP contribution in [0.15, 0.2) is 84.4 Å². The molecule has 42 heavy (non-hydrogen) atoms. The third-order valence-corrected chi connectivity index (χ3v) is 7.11. The van der Waals surface area contributed by atoms with Crippen LogP contribution in [0.5, 0.6) is 17.2 Å². The number of benzene rings is 2. The van der Waals surface area contributed by atoms with Gasteiger partial charge in [0.05, 0.1) is 38.5 Å². The number of hydrogen-bond acceptors (Lipinski definition) is 8. The molecule has 0 bridgehead atoms. The second-order valence-electron chi connectivity index (χ2n) is 9.89.